The van der Waals surface area contributed by atoms with Gasteiger partial charge >= 0.3 is 0 Å². The van der Waals surface area contributed by atoms with E-state index in [0.717, 1.165) is 25.4 Å². The van der Waals surface area contributed by atoms with Crippen LogP contribution < -0.4 is 5.32 Å². The Morgan fingerprint density at radius 3 is 3.00 bits per heavy atom. The van der Waals surface area contributed by atoms with Gasteiger partial charge in [0.15, 0.2) is 0 Å². The molecule has 2 aliphatic heterocycles. The lowest BCUT2D eigenvalue weighted by atomic mass is 9.98. The number of halogens is 1. The van der Waals surface area contributed by atoms with Gasteiger partial charge in [0.25, 0.3) is 0 Å². The second kappa shape index (κ2) is 6.16. The van der Waals surface area contributed by atoms with Gasteiger partial charge in [0.2, 0.25) is 5.91 Å². The first-order valence-electron chi connectivity index (χ1n) is 6.50. The summed E-state index contributed by atoms with van der Waals surface area (Å²) in [5.74, 6) is 1.27. The smallest absolute Gasteiger partial charge is 0.231 e. The molecular formula is C14H19ClN2OS. The van der Waals surface area contributed by atoms with Crippen molar-refractivity contribution < 1.29 is 4.79 Å². The van der Waals surface area contributed by atoms with Crippen molar-refractivity contribution in [1.29, 1.82) is 0 Å². The molecule has 0 aromatic heterocycles. The van der Waals surface area contributed by atoms with E-state index < -0.39 is 0 Å². The van der Waals surface area contributed by atoms with Crippen molar-refractivity contribution in [3.8, 4) is 0 Å². The molecule has 3 nitrogen and oxygen atoms in total. The molecule has 0 bridgehead atoms. The average Bonchev–Trinajstić information content (AvgIpc) is 2.82. The van der Waals surface area contributed by atoms with Gasteiger partial charge < -0.3 is 10.2 Å². The van der Waals surface area contributed by atoms with Crippen molar-refractivity contribution in [2.45, 2.75) is 23.8 Å². The standard InChI is InChI=1S/C14H18N2OS.ClH/c1-10-8-15-6-7-16(10)14(17)12-9-18-13-5-3-2-4-11(12)13;/h2-5,10,12,15H,6-9H2,1H3;1H/t10-,12?;/m1./s1. The van der Waals surface area contributed by atoms with Crippen LogP contribution in [0.5, 0.6) is 0 Å². The van der Waals surface area contributed by atoms with Gasteiger partial charge in [0.05, 0.1) is 5.92 Å². The van der Waals surface area contributed by atoms with Crippen LogP contribution in [-0.2, 0) is 4.79 Å². The van der Waals surface area contributed by atoms with Crippen LogP contribution in [0.4, 0.5) is 0 Å². The van der Waals surface area contributed by atoms with Crippen molar-refractivity contribution in [3.63, 3.8) is 0 Å². The quantitative estimate of drug-likeness (QED) is 0.862. The summed E-state index contributed by atoms with van der Waals surface area (Å²) < 4.78 is 0. The van der Waals surface area contributed by atoms with Gasteiger partial charge in [-0.2, -0.15) is 0 Å². The number of rotatable bonds is 1. The highest BCUT2D eigenvalue weighted by Crippen LogP contribution is 2.40. The molecule has 2 atom stereocenters. The van der Waals surface area contributed by atoms with Crippen LogP contribution in [0.1, 0.15) is 18.4 Å². The van der Waals surface area contributed by atoms with E-state index >= 15 is 0 Å². The molecule has 1 aromatic carbocycles. The Kier molecular flexibility index (Phi) is 4.76. The molecule has 1 fully saturated rings. The SMILES string of the molecule is C[C@@H]1CNCCN1C(=O)C1CSc2ccccc21.Cl. The highest BCUT2D eigenvalue weighted by Gasteiger charge is 2.34. The van der Waals surface area contributed by atoms with Gasteiger partial charge in [0, 0.05) is 36.3 Å². The van der Waals surface area contributed by atoms with Gasteiger partial charge in [-0.25, -0.2) is 0 Å². The van der Waals surface area contributed by atoms with Crippen LogP contribution >= 0.6 is 24.2 Å². The Balaban J connectivity index is 0.00000133. The predicted molar refractivity (Wildman–Crippen MR) is 81.2 cm³/mol. The summed E-state index contributed by atoms with van der Waals surface area (Å²) in [5, 5.41) is 3.33. The zero-order valence-corrected chi connectivity index (χ0v) is 12.6. The van der Waals surface area contributed by atoms with Crippen LogP contribution in [0.2, 0.25) is 0 Å². The Labute approximate surface area is 124 Å². The van der Waals surface area contributed by atoms with Gasteiger partial charge in [-0.15, -0.1) is 24.2 Å². The minimum absolute atomic E-state index is 0. The number of amides is 1. The Morgan fingerprint density at radius 2 is 2.21 bits per heavy atom. The third kappa shape index (κ3) is 2.76. The Morgan fingerprint density at radius 1 is 1.42 bits per heavy atom. The molecule has 1 aromatic rings. The van der Waals surface area contributed by atoms with E-state index in [1.807, 2.05) is 17.0 Å². The second-order valence-corrected chi connectivity index (χ2v) is 6.05. The van der Waals surface area contributed by atoms with Crippen LogP contribution in [0.3, 0.4) is 0 Å². The third-order valence-electron chi connectivity index (χ3n) is 3.78. The summed E-state index contributed by atoms with van der Waals surface area (Å²) in [6.07, 6.45) is 0. The molecule has 0 aliphatic carbocycles. The molecule has 0 radical (unpaired) electrons. The number of fused-ring (bicyclic) bond motifs is 1. The van der Waals surface area contributed by atoms with Gasteiger partial charge in [-0.3, -0.25) is 4.79 Å². The van der Waals surface area contributed by atoms with E-state index in [0.29, 0.717) is 11.9 Å². The number of nitrogens with one attached hydrogen (secondary N) is 1. The minimum Gasteiger partial charge on any atom is -0.337 e. The monoisotopic (exact) mass is 298 g/mol. The van der Waals surface area contributed by atoms with Gasteiger partial charge in [0.1, 0.15) is 0 Å². The van der Waals surface area contributed by atoms with Crippen LogP contribution in [0.15, 0.2) is 29.2 Å². The fraction of sp³-hybridized carbons (Fsp3) is 0.500. The topological polar surface area (TPSA) is 32.3 Å². The van der Waals surface area contributed by atoms with E-state index in [-0.39, 0.29) is 18.3 Å². The Hall–Kier alpha value is -0.710. The van der Waals surface area contributed by atoms with Crippen LogP contribution in [0, 0.1) is 0 Å². The molecule has 2 aliphatic rings. The van der Waals surface area contributed by atoms with E-state index in [2.05, 4.69) is 24.4 Å². The normalized spacial score (nSPS) is 25.6. The summed E-state index contributed by atoms with van der Waals surface area (Å²) >= 11 is 1.81. The summed E-state index contributed by atoms with van der Waals surface area (Å²) in [5.41, 5.74) is 1.22. The molecule has 104 valence electrons. The van der Waals surface area contributed by atoms with Crippen molar-refractivity contribution in [1.82, 2.24) is 10.2 Å². The van der Waals surface area contributed by atoms with Crippen LogP contribution in [-0.4, -0.2) is 42.2 Å². The lowest BCUT2D eigenvalue weighted by Gasteiger charge is -2.35. The van der Waals surface area contributed by atoms with Crippen molar-refractivity contribution in [3.05, 3.63) is 29.8 Å². The molecule has 0 spiro atoms. The molecule has 2 heterocycles. The predicted octanol–water partition coefficient (Wildman–Crippen LogP) is 2.12. The highest BCUT2D eigenvalue weighted by molar-refractivity contribution is 7.99. The van der Waals surface area contributed by atoms with E-state index in [9.17, 15) is 4.79 Å². The number of benzene rings is 1. The second-order valence-electron chi connectivity index (χ2n) is 4.99. The maximum atomic E-state index is 12.7. The first kappa shape index (κ1) is 14.7. The van der Waals surface area contributed by atoms with Crippen molar-refractivity contribution in [2.75, 3.05) is 25.4 Å². The molecule has 3 rings (SSSR count). The van der Waals surface area contributed by atoms with E-state index in [1.165, 1.54) is 10.5 Å². The molecule has 1 unspecified atom stereocenters. The molecular weight excluding hydrogens is 280 g/mol. The number of piperazine rings is 1. The largest absolute Gasteiger partial charge is 0.337 e. The average molecular weight is 299 g/mol. The number of carbonyl (C=O) groups excluding carboxylic acids is 1. The lowest BCUT2D eigenvalue weighted by molar-refractivity contribution is -0.135. The zero-order valence-electron chi connectivity index (χ0n) is 11.0. The van der Waals surface area contributed by atoms with Gasteiger partial charge in [-0.05, 0) is 18.6 Å². The maximum absolute atomic E-state index is 12.7. The van der Waals surface area contributed by atoms with E-state index in [1.54, 1.807) is 11.8 Å². The first-order chi connectivity index (χ1) is 8.77. The first-order valence-corrected chi connectivity index (χ1v) is 7.49. The molecule has 1 saturated heterocycles. The molecule has 5 heteroatoms. The summed E-state index contributed by atoms with van der Waals surface area (Å²) in [7, 11) is 0. The third-order valence-corrected chi connectivity index (χ3v) is 4.97. The lowest BCUT2D eigenvalue weighted by Crippen LogP contribution is -2.53. The summed E-state index contributed by atoms with van der Waals surface area (Å²) in [4.78, 5) is 16.0. The fourth-order valence-electron chi connectivity index (χ4n) is 2.74. The number of thioether (sulfide) groups is 1. The minimum atomic E-state index is 0. The summed E-state index contributed by atoms with van der Waals surface area (Å²) in [6, 6.07) is 8.61. The van der Waals surface area contributed by atoms with E-state index in [4.69, 9.17) is 0 Å². The molecule has 1 N–H and O–H groups in total. The van der Waals surface area contributed by atoms with Gasteiger partial charge in [-0.1, -0.05) is 18.2 Å². The fourth-order valence-corrected chi connectivity index (χ4v) is 3.96. The molecule has 19 heavy (non-hydrogen) atoms. The summed E-state index contributed by atoms with van der Waals surface area (Å²) in [6.45, 7) is 4.78. The van der Waals surface area contributed by atoms with Crippen LogP contribution in [0.25, 0.3) is 0 Å². The molecule has 1 amide bonds. The van der Waals surface area contributed by atoms with Crippen molar-refractivity contribution >= 4 is 30.1 Å². The molecule has 0 saturated carbocycles. The maximum Gasteiger partial charge on any atom is 0.231 e. The highest BCUT2D eigenvalue weighted by atomic mass is 35.5. The van der Waals surface area contributed by atoms with Crippen molar-refractivity contribution in [2.24, 2.45) is 0 Å². The number of hydrogen-bond donors (Lipinski definition) is 1. The number of nitrogens with zero attached hydrogens (tertiary/aromatic N) is 1. The number of hydrogen-bond acceptors (Lipinski definition) is 3. The number of carbonyl (C=O) groups is 1. The Bertz CT molecular complexity index is 469. The zero-order chi connectivity index (χ0) is 12.5.